The molecule has 1 rings (SSSR count). The summed E-state index contributed by atoms with van der Waals surface area (Å²) in [5.74, 6) is 0. The zero-order valence-corrected chi connectivity index (χ0v) is 11.4. The first-order valence-corrected chi connectivity index (χ1v) is 6.06. The molecule has 0 aliphatic heterocycles. The van der Waals surface area contributed by atoms with Crippen LogP contribution in [0.25, 0.3) is 0 Å². The van der Waals surface area contributed by atoms with Crippen molar-refractivity contribution in [3.8, 4) is 0 Å². The van der Waals surface area contributed by atoms with E-state index in [9.17, 15) is 10.1 Å². The summed E-state index contributed by atoms with van der Waals surface area (Å²) in [4.78, 5) is 12.5. The van der Waals surface area contributed by atoms with Gasteiger partial charge in [0.25, 0.3) is 5.69 Å². The van der Waals surface area contributed by atoms with E-state index >= 15 is 0 Å². The molecule has 0 aliphatic carbocycles. The fraction of sp³-hybridized carbons (Fsp3) is 0.538. The Labute approximate surface area is 108 Å². The Bertz CT molecular complexity index is 407. The quantitative estimate of drug-likeness (QED) is 0.622. The topological polar surface area (TPSA) is 58.4 Å². The average Bonchev–Trinajstić information content (AvgIpc) is 2.35. The van der Waals surface area contributed by atoms with E-state index in [0.29, 0.717) is 6.04 Å². The van der Waals surface area contributed by atoms with Gasteiger partial charge in [-0.2, -0.15) is 0 Å². The molecule has 0 saturated carbocycles. The van der Waals surface area contributed by atoms with Gasteiger partial charge >= 0.3 is 0 Å². The van der Waals surface area contributed by atoms with E-state index in [4.69, 9.17) is 0 Å². The molecule has 5 nitrogen and oxygen atoms in total. The van der Waals surface area contributed by atoms with Gasteiger partial charge in [-0.25, -0.2) is 0 Å². The van der Waals surface area contributed by atoms with E-state index < -0.39 is 0 Å². The molecule has 0 aromatic heterocycles. The fourth-order valence-electron chi connectivity index (χ4n) is 1.56. The van der Waals surface area contributed by atoms with Crippen LogP contribution in [0.1, 0.15) is 25.5 Å². The van der Waals surface area contributed by atoms with Gasteiger partial charge in [-0.3, -0.25) is 10.1 Å². The first-order chi connectivity index (χ1) is 8.41. The van der Waals surface area contributed by atoms with E-state index in [0.717, 1.165) is 12.1 Å². The summed E-state index contributed by atoms with van der Waals surface area (Å²) >= 11 is 0. The molecule has 0 aliphatic rings. The number of hydrogen-bond acceptors (Lipinski definition) is 4. The first-order valence-electron chi connectivity index (χ1n) is 6.06. The number of rotatable bonds is 6. The summed E-state index contributed by atoms with van der Waals surface area (Å²) in [6.45, 7) is 4.99. The first kappa shape index (κ1) is 14.6. The molecule has 0 saturated heterocycles. The maximum Gasteiger partial charge on any atom is 0.269 e. The van der Waals surface area contributed by atoms with E-state index in [2.05, 4.69) is 17.1 Å². The standard InChI is InChI=1S/C13H21N3O2/c1-10(15(3)4)9-14-11(2)12-6-5-7-13(8-12)16(17)18/h5-8,10-11,14H,9H2,1-4H3. The molecule has 0 bridgehead atoms. The van der Waals surface area contributed by atoms with Crippen molar-refractivity contribution in [1.29, 1.82) is 0 Å². The summed E-state index contributed by atoms with van der Waals surface area (Å²) in [6.07, 6.45) is 0. The van der Waals surface area contributed by atoms with Crippen LogP contribution in [0.4, 0.5) is 5.69 Å². The highest BCUT2D eigenvalue weighted by Crippen LogP contribution is 2.18. The minimum absolute atomic E-state index is 0.104. The summed E-state index contributed by atoms with van der Waals surface area (Å²) in [5.41, 5.74) is 1.08. The lowest BCUT2D eigenvalue weighted by Crippen LogP contribution is -2.36. The maximum absolute atomic E-state index is 10.7. The Morgan fingerprint density at radius 3 is 2.61 bits per heavy atom. The van der Waals surface area contributed by atoms with E-state index in [-0.39, 0.29) is 16.7 Å². The lowest BCUT2D eigenvalue weighted by molar-refractivity contribution is -0.384. The Morgan fingerprint density at radius 1 is 1.39 bits per heavy atom. The molecule has 1 aromatic rings. The van der Waals surface area contributed by atoms with Gasteiger partial charge in [0.05, 0.1) is 4.92 Å². The number of nitro benzene ring substituents is 1. The van der Waals surface area contributed by atoms with Crippen LogP contribution in [0.5, 0.6) is 0 Å². The van der Waals surface area contributed by atoms with Gasteiger partial charge in [0.2, 0.25) is 0 Å². The third kappa shape index (κ3) is 4.09. The SMILES string of the molecule is CC(NCC(C)N(C)C)c1cccc([N+](=O)[O-])c1. The van der Waals surface area contributed by atoms with Gasteiger partial charge in [-0.05, 0) is 33.5 Å². The molecule has 5 heteroatoms. The van der Waals surface area contributed by atoms with Crippen molar-refractivity contribution in [3.63, 3.8) is 0 Å². The van der Waals surface area contributed by atoms with Gasteiger partial charge in [0.1, 0.15) is 0 Å². The minimum atomic E-state index is -0.362. The van der Waals surface area contributed by atoms with Crippen LogP contribution in [-0.4, -0.2) is 36.5 Å². The average molecular weight is 251 g/mol. The smallest absolute Gasteiger partial charge is 0.269 e. The molecule has 0 fully saturated rings. The molecule has 2 unspecified atom stereocenters. The number of nitro groups is 1. The monoisotopic (exact) mass is 251 g/mol. The number of benzene rings is 1. The predicted octanol–water partition coefficient (Wildman–Crippen LogP) is 2.20. The Balaban J connectivity index is 2.64. The van der Waals surface area contributed by atoms with Crippen LogP contribution in [0.3, 0.4) is 0 Å². The highest BCUT2D eigenvalue weighted by Gasteiger charge is 2.12. The number of hydrogen-bond donors (Lipinski definition) is 1. The van der Waals surface area contributed by atoms with Crippen molar-refractivity contribution < 1.29 is 4.92 Å². The number of nitrogens with one attached hydrogen (secondary N) is 1. The van der Waals surface area contributed by atoms with Crippen LogP contribution in [-0.2, 0) is 0 Å². The molecule has 2 atom stereocenters. The Morgan fingerprint density at radius 2 is 2.06 bits per heavy atom. The number of likely N-dealkylation sites (N-methyl/N-ethyl adjacent to an activating group) is 1. The minimum Gasteiger partial charge on any atom is -0.309 e. The zero-order valence-electron chi connectivity index (χ0n) is 11.4. The van der Waals surface area contributed by atoms with Crippen molar-refractivity contribution in [2.24, 2.45) is 0 Å². The summed E-state index contributed by atoms with van der Waals surface area (Å²) in [5, 5.41) is 14.1. The predicted molar refractivity (Wildman–Crippen MR) is 72.7 cm³/mol. The second kappa shape index (κ2) is 6.47. The molecule has 0 amide bonds. The van der Waals surface area contributed by atoms with E-state index in [1.165, 1.54) is 6.07 Å². The lowest BCUT2D eigenvalue weighted by atomic mass is 10.1. The second-order valence-corrected chi connectivity index (χ2v) is 4.79. The number of non-ortho nitro benzene ring substituents is 1. The van der Waals surface area contributed by atoms with Crippen LogP contribution in [0, 0.1) is 10.1 Å². The van der Waals surface area contributed by atoms with Crippen molar-refractivity contribution in [1.82, 2.24) is 10.2 Å². The Kier molecular flexibility index (Phi) is 5.25. The highest BCUT2D eigenvalue weighted by molar-refractivity contribution is 5.35. The molecule has 18 heavy (non-hydrogen) atoms. The van der Waals surface area contributed by atoms with Gasteiger partial charge in [-0.1, -0.05) is 12.1 Å². The molecule has 0 spiro atoms. The maximum atomic E-state index is 10.7. The molecular weight excluding hydrogens is 230 g/mol. The second-order valence-electron chi connectivity index (χ2n) is 4.79. The van der Waals surface area contributed by atoms with Crippen molar-refractivity contribution >= 4 is 5.69 Å². The summed E-state index contributed by atoms with van der Waals surface area (Å²) in [6, 6.07) is 7.29. The van der Waals surface area contributed by atoms with Crippen LogP contribution in [0.2, 0.25) is 0 Å². The van der Waals surface area contributed by atoms with Crippen molar-refractivity contribution in [2.45, 2.75) is 25.9 Å². The van der Waals surface area contributed by atoms with E-state index in [1.807, 2.05) is 27.1 Å². The summed E-state index contributed by atoms with van der Waals surface area (Å²) < 4.78 is 0. The van der Waals surface area contributed by atoms with Crippen LogP contribution < -0.4 is 5.32 Å². The summed E-state index contributed by atoms with van der Waals surface area (Å²) in [7, 11) is 4.06. The van der Waals surface area contributed by atoms with Gasteiger partial charge in [-0.15, -0.1) is 0 Å². The van der Waals surface area contributed by atoms with Gasteiger partial charge < -0.3 is 10.2 Å². The largest absolute Gasteiger partial charge is 0.309 e. The molecule has 1 aromatic carbocycles. The fourth-order valence-corrected chi connectivity index (χ4v) is 1.56. The molecule has 0 heterocycles. The highest BCUT2D eigenvalue weighted by atomic mass is 16.6. The third-order valence-electron chi connectivity index (χ3n) is 3.18. The molecule has 100 valence electrons. The lowest BCUT2D eigenvalue weighted by Gasteiger charge is -2.23. The zero-order chi connectivity index (χ0) is 13.7. The molecule has 1 N–H and O–H groups in total. The van der Waals surface area contributed by atoms with Crippen LogP contribution in [0.15, 0.2) is 24.3 Å². The van der Waals surface area contributed by atoms with Gasteiger partial charge in [0, 0.05) is 30.8 Å². The van der Waals surface area contributed by atoms with Gasteiger partial charge in [0.15, 0.2) is 0 Å². The third-order valence-corrected chi connectivity index (χ3v) is 3.18. The molecule has 0 radical (unpaired) electrons. The van der Waals surface area contributed by atoms with Crippen LogP contribution >= 0.6 is 0 Å². The van der Waals surface area contributed by atoms with Crippen molar-refractivity contribution in [3.05, 3.63) is 39.9 Å². The molecular formula is C13H21N3O2. The number of nitrogens with zero attached hydrogens (tertiary/aromatic N) is 2. The normalized spacial score (nSPS) is 14.5. The van der Waals surface area contributed by atoms with Crippen molar-refractivity contribution in [2.75, 3.05) is 20.6 Å². The van der Waals surface area contributed by atoms with E-state index in [1.54, 1.807) is 12.1 Å². The Hall–Kier alpha value is -1.46.